The topological polar surface area (TPSA) is 78.5 Å². The number of nitrogens with zero attached hydrogens (tertiary/aromatic N) is 6. The Morgan fingerprint density at radius 1 is 1.28 bits per heavy atom. The van der Waals surface area contributed by atoms with Gasteiger partial charge in [0, 0.05) is 13.3 Å². The number of para-hydroxylation sites is 2. The van der Waals surface area contributed by atoms with Crippen LogP contribution >= 0.6 is 0 Å². The number of rotatable bonds is 2. The molecule has 8 heteroatoms. The first-order chi connectivity index (χ1) is 8.68. The third kappa shape index (κ3) is 1.53. The minimum Gasteiger partial charge on any atom is -0.252 e. The summed E-state index contributed by atoms with van der Waals surface area (Å²) in [6.45, 7) is 0. The third-order valence-electron chi connectivity index (χ3n) is 2.58. The smallest absolute Gasteiger partial charge is 0.252 e. The zero-order valence-electron chi connectivity index (χ0n) is 9.81. The van der Waals surface area contributed by atoms with Crippen molar-refractivity contribution < 1.29 is 4.21 Å². The van der Waals surface area contributed by atoms with Gasteiger partial charge in [0.15, 0.2) is 0 Å². The van der Waals surface area contributed by atoms with E-state index >= 15 is 0 Å². The molecule has 0 amide bonds. The van der Waals surface area contributed by atoms with Crippen LogP contribution in [0.1, 0.15) is 0 Å². The lowest BCUT2D eigenvalue weighted by atomic mass is 10.3. The molecule has 92 valence electrons. The molecule has 7 nitrogen and oxygen atoms in total. The first-order valence-corrected chi connectivity index (χ1v) is 6.78. The van der Waals surface area contributed by atoms with Crippen molar-refractivity contribution in [2.75, 3.05) is 6.26 Å². The van der Waals surface area contributed by atoms with Crippen LogP contribution in [-0.2, 0) is 17.8 Å². The van der Waals surface area contributed by atoms with Crippen molar-refractivity contribution in [1.82, 2.24) is 29.8 Å². The fraction of sp³-hybridized carbons (Fsp3) is 0.200. The molecule has 0 aliphatic carbocycles. The number of hydrogen-bond donors (Lipinski definition) is 0. The molecule has 0 fully saturated rings. The van der Waals surface area contributed by atoms with Crippen molar-refractivity contribution in [1.29, 1.82) is 0 Å². The average molecular weight is 262 g/mol. The molecule has 18 heavy (non-hydrogen) atoms. The van der Waals surface area contributed by atoms with Crippen LogP contribution < -0.4 is 0 Å². The Kier molecular flexibility index (Phi) is 2.44. The summed E-state index contributed by atoms with van der Waals surface area (Å²) in [6, 6.07) is 7.54. The molecule has 3 aromatic rings. The molecule has 0 saturated heterocycles. The van der Waals surface area contributed by atoms with Gasteiger partial charge in [-0.1, -0.05) is 17.2 Å². The first kappa shape index (κ1) is 11.0. The minimum atomic E-state index is -1.22. The van der Waals surface area contributed by atoms with E-state index in [0.29, 0.717) is 11.1 Å². The summed E-state index contributed by atoms with van der Waals surface area (Å²) < 4.78 is 15.0. The van der Waals surface area contributed by atoms with Crippen LogP contribution in [0.3, 0.4) is 0 Å². The van der Waals surface area contributed by atoms with Crippen molar-refractivity contribution in [2.24, 2.45) is 7.05 Å². The van der Waals surface area contributed by atoms with E-state index in [4.69, 9.17) is 0 Å². The number of aryl methyl sites for hydroxylation is 1. The van der Waals surface area contributed by atoms with Crippen molar-refractivity contribution in [3.63, 3.8) is 0 Å². The second kappa shape index (κ2) is 3.98. The van der Waals surface area contributed by atoms with Gasteiger partial charge in [0.1, 0.15) is 0 Å². The average Bonchev–Trinajstić information content (AvgIpc) is 2.92. The third-order valence-corrected chi connectivity index (χ3v) is 3.37. The normalized spacial score (nSPS) is 13.0. The predicted molar refractivity (Wildman–Crippen MR) is 65.8 cm³/mol. The van der Waals surface area contributed by atoms with Crippen molar-refractivity contribution >= 4 is 21.8 Å². The summed E-state index contributed by atoms with van der Waals surface area (Å²) in [5.41, 5.74) is 1.60. The van der Waals surface area contributed by atoms with Gasteiger partial charge in [-0.05, 0) is 22.6 Å². The van der Waals surface area contributed by atoms with E-state index < -0.39 is 10.8 Å². The van der Waals surface area contributed by atoms with E-state index in [2.05, 4.69) is 20.5 Å². The Hall–Kier alpha value is -2.09. The molecular formula is C10H10N6OS. The molecule has 2 heterocycles. The van der Waals surface area contributed by atoms with Crippen LogP contribution in [0.5, 0.6) is 0 Å². The van der Waals surface area contributed by atoms with Crippen LogP contribution in [0.15, 0.2) is 29.4 Å². The van der Waals surface area contributed by atoms with Gasteiger partial charge in [-0.3, -0.25) is 8.78 Å². The molecule has 2 aromatic heterocycles. The summed E-state index contributed by atoms with van der Waals surface area (Å²) in [5, 5.41) is 11.8. The summed E-state index contributed by atoms with van der Waals surface area (Å²) in [6.07, 6.45) is 1.58. The maximum absolute atomic E-state index is 11.8. The summed E-state index contributed by atoms with van der Waals surface area (Å²) in [5.74, 6) is 0.494. The summed E-state index contributed by atoms with van der Waals surface area (Å²) in [7, 11) is 0.506. The molecule has 0 bridgehead atoms. The van der Waals surface area contributed by atoms with Crippen LogP contribution in [0.2, 0.25) is 0 Å². The number of tetrazole rings is 1. The highest BCUT2D eigenvalue weighted by Crippen LogP contribution is 2.21. The lowest BCUT2D eigenvalue weighted by molar-refractivity contribution is 0.662. The van der Waals surface area contributed by atoms with Gasteiger partial charge in [-0.25, -0.2) is 9.67 Å². The van der Waals surface area contributed by atoms with E-state index in [0.717, 1.165) is 11.0 Å². The molecule has 1 aromatic carbocycles. The molecule has 1 atom stereocenters. The largest absolute Gasteiger partial charge is 0.256 e. The van der Waals surface area contributed by atoms with Gasteiger partial charge in [-0.2, -0.15) is 0 Å². The summed E-state index contributed by atoms with van der Waals surface area (Å²) >= 11 is 0. The lowest BCUT2D eigenvalue weighted by Gasteiger charge is -2.04. The zero-order chi connectivity index (χ0) is 12.7. The highest BCUT2D eigenvalue weighted by atomic mass is 32.2. The molecule has 0 radical (unpaired) electrons. The van der Waals surface area contributed by atoms with Gasteiger partial charge in [0.25, 0.3) is 5.95 Å². The first-order valence-electron chi connectivity index (χ1n) is 5.22. The monoisotopic (exact) mass is 262 g/mol. The quantitative estimate of drug-likeness (QED) is 0.663. The number of fused-ring (bicyclic) bond motifs is 1. The Labute approximate surface area is 105 Å². The second-order valence-electron chi connectivity index (χ2n) is 3.78. The predicted octanol–water partition coefficient (Wildman–Crippen LogP) is 0.286. The maximum Gasteiger partial charge on any atom is 0.256 e. The second-order valence-corrected chi connectivity index (χ2v) is 5.05. The van der Waals surface area contributed by atoms with Crippen molar-refractivity contribution in [3.05, 3.63) is 24.3 Å². The molecular weight excluding hydrogens is 252 g/mol. The Bertz CT molecular complexity index is 746. The van der Waals surface area contributed by atoms with E-state index in [1.807, 2.05) is 24.3 Å². The molecule has 1 unspecified atom stereocenters. The Balaban J connectivity index is 2.42. The van der Waals surface area contributed by atoms with Gasteiger partial charge in [-0.15, -0.1) is 0 Å². The standard InChI is InChI=1S/C10H10N6OS/c1-15-9(12-13-14-15)16-8-6-4-3-5-7(8)11-10(16)18(2)17/h3-6H,1-2H3. The zero-order valence-corrected chi connectivity index (χ0v) is 10.6. The molecule has 0 aliphatic rings. The molecule has 0 N–H and O–H groups in total. The molecule has 0 aliphatic heterocycles. The van der Waals surface area contributed by atoms with Gasteiger partial charge >= 0.3 is 0 Å². The minimum absolute atomic E-state index is 0.439. The number of aromatic nitrogens is 6. The molecule has 0 spiro atoms. The van der Waals surface area contributed by atoms with Gasteiger partial charge in [0.05, 0.1) is 21.8 Å². The molecule has 3 rings (SSSR count). The SMILES string of the molecule is Cn1nnnc1-n1c(S(C)=O)nc2ccccc21. The highest BCUT2D eigenvalue weighted by molar-refractivity contribution is 7.84. The fourth-order valence-electron chi connectivity index (χ4n) is 1.80. The number of hydrogen-bond acceptors (Lipinski definition) is 5. The van der Waals surface area contributed by atoms with E-state index in [9.17, 15) is 4.21 Å². The Morgan fingerprint density at radius 3 is 2.72 bits per heavy atom. The van der Waals surface area contributed by atoms with Crippen molar-refractivity contribution in [3.8, 4) is 5.95 Å². The van der Waals surface area contributed by atoms with Gasteiger partial charge in [0.2, 0.25) is 5.16 Å². The summed E-state index contributed by atoms with van der Waals surface area (Å²) in [4.78, 5) is 4.36. The van der Waals surface area contributed by atoms with Gasteiger partial charge < -0.3 is 0 Å². The lowest BCUT2D eigenvalue weighted by Crippen LogP contribution is -2.08. The van der Waals surface area contributed by atoms with Crippen LogP contribution in [-0.4, -0.2) is 40.2 Å². The number of benzene rings is 1. The maximum atomic E-state index is 11.8. The van der Waals surface area contributed by atoms with Crippen LogP contribution in [0.25, 0.3) is 17.0 Å². The van der Waals surface area contributed by atoms with Crippen molar-refractivity contribution in [2.45, 2.75) is 5.16 Å². The van der Waals surface area contributed by atoms with Crippen LogP contribution in [0, 0.1) is 0 Å². The van der Waals surface area contributed by atoms with Crippen LogP contribution in [0.4, 0.5) is 0 Å². The molecule has 0 saturated carbocycles. The number of imidazole rings is 1. The fourth-order valence-corrected chi connectivity index (χ4v) is 2.47. The highest BCUT2D eigenvalue weighted by Gasteiger charge is 2.18. The van der Waals surface area contributed by atoms with E-state index in [-0.39, 0.29) is 0 Å². The Morgan fingerprint density at radius 2 is 2.06 bits per heavy atom. The van der Waals surface area contributed by atoms with E-state index in [1.165, 1.54) is 4.68 Å². The van der Waals surface area contributed by atoms with E-state index in [1.54, 1.807) is 17.9 Å².